The molecule has 0 bridgehead atoms. The Labute approximate surface area is 220 Å². The first-order valence-corrected chi connectivity index (χ1v) is 12.4. The van der Waals surface area contributed by atoms with Gasteiger partial charge in [-0.1, -0.05) is 70.5 Å². The Morgan fingerprint density at radius 2 is 1.82 bits per heavy atom. The molecule has 7 heteroatoms. The van der Waals surface area contributed by atoms with Gasteiger partial charge in [-0.05, 0) is 74.3 Å². The van der Waals surface area contributed by atoms with Gasteiger partial charge in [0.2, 0.25) is 5.91 Å². The van der Waals surface area contributed by atoms with Crippen LogP contribution in [0.4, 0.5) is 0 Å². The zero-order valence-electron chi connectivity index (χ0n) is 18.4. The Kier molecular flexibility index (Phi) is 8.18. The molecule has 4 aromatic rings. The fourth-order valence-electron chi connectivity index (χ4n) is 3.53. The van der Waals surface area contributed by atoms with Crippen LogP contribution in [0.2, 0.25) is 0 Å². The van der Waals surface area contributed by atoms with E-state index < -0.39 is 0 Å². The highest BCUT2D eigenvalue weighted by Gasteiger charge is 2.12. The maximum Gasteiger partial charge on any atom is 0.244 e. The molecule has 0 aliphatic heterocycles. The van der Waals surface area contributed by atoms with Gasteiger partial charge >= 0.3 is 0 Å². The topological polar surface area (TPSA) is 59.9 Å². The number of methoxy groups -OCH3 is 1. The van der Waals surface area contributed by atoms with Gasteiger partial charge in [-0.3, -0.25) is 4.79 Å². The van der Waals surface area contributed by atoms with E-state index >= 15 is 0 Å². The molecule has 172 valence electrons. The fraction of sp³-hybridized carbons (Fsp3) is 0.111. The van der Waals surface area contributed by atoms with E-state index in [4.69, 9.17) is 9.47 Å². The molecule has 34 heavy (non-hydrogen) atoms. The zero-order chi connectivity index (χ0) is 23.9. The van der Waals surface area contributed by atoms with Gasteiger partial charge in [0.1, 0.15) is 6.61 Å². The number of fused-ring (bicyclic) bond motifs is 1. The summed E-state index contributed by atoms with van der Waals surface area (Å²) < 4.78 is 13.5. The molecule has 0 spiro atoms. The fourth-order valence-corrected chi connectivity index (χ4v) is 4.57. The minimum Gasteiger partial charge on any atom is -0.493 e. The quantitative estimate of drug-likeness (QED) is 0.138. The maximum atomic E-state index is 12.5. The molecule has 5 nitrogen and oxygen atoms in total. The molecule has 1 N–H and O–H groups in total. The number of benzene rings is 4. The molecule has 0 saturated carbocycles. The van der Waals surface area contributed by atoms with Crippen LogP contribution >= 0.6 is 38.5 Å². The molecule has 0 aliphatic rings. The molecular formula is C27H22BrIN2O3. The number of halogens is 2. The summed E-state index contributed by atoms with van der Waals surface area (Å²) in [4.78, 5) is 12.5. The average Bonchev–Trinajstić information content (AvgIpc) is 2.84. The minimum atomic E-state index is -0.177. The predicted molar refractivity (Wildman–Crippen MR) is 148 cm³/mol. The lowest BCUT2D eigenvalue weighted by molar-refractivity contribution is -0.120. The third-order valence-electron chi connectivity index (χ3n) is 5.18. The van der Waals surface area contributed by atoms with E-state index in [1.165, 1.54) is 0 Å². The molecule has 4 rings (SSSR count). The van der Waals surface area contributed by atoms with Crippen molar-refractivity contribution in [3.63, 3.8) is 0 Å². The summed E-state index contributed by atoms with van der Waals surface area (Å²) in [6, 6.07) is 25.7. The Bertz CT molecular complexity index is 1330. The van der Waals surface area contributed by atoms with E-state index in [2.05, 4.69) is 49.0 Å². The summed E-state index contributed by atoms with van der Waals surface area (Å²) in [5.41, 5.74) is 5.44. The second-order valence-electron chi connectivity index (χ2n) is 7.56. The van der Waals surface area contributed by atoms with Crippen molar-refractivity contribution in [1.82, 2.24) is 5.43 Å². The highest BCUT2D eigenvalue weighted by Crippen LogP contribution is 2.34. The summed E-state index contributed by atoms with van der Waals surface area (Å²) in [5, 5.41) is 6.32. The lowest BCUT2D eigenvalue weighted by Crippen LogP contribution is -2.19. The van der Waals surface area contributed by atoms with Gasteiger partial charge in [0.25, 0.3) is 0 Å². The number of carbonyl (C=O) groups excluding carboxylic acids is 1. The van der Waals surface area contributed by atoms with Crippen molar-refractivity contribution in [2.75, 3.05) is 7.11 Å². The maximum absolute atomic E-state index is 12.5. The summed E-state index contributed by atoms with van der Waals surface area (Å²) in [5.74, 6) is 1.10. The highest BCUT2D eigenvalue weighted by atomic mass is 127. The van der Waals surface area contributed by atoms with Crippen LogP contribution in [-0.2, 0) is 17.8 Å². The zero-order valence-corrected chi connectivity index (χ0v) is 22.2. The van der Waals surface area contributed by atoms with Crippen LogP contribution in [-0.4, -0.2) is 19.2 Å². The highest BCUT2D eigenvalue weighted by molar-refractivity contribution is 14.1. The van der Waals surface area contributed by atoms with Gasteiger partial charge < -0.3 is 9.47 Å². The third-order valence-corrected chi connectivity index (χ3v) is 6.51. The van der Waals surface area contributed by atoms with E-state index in [1.54, 1.807) is 13.3 Å². The van der Waals surface area contributed by atoms with Gasteiger partial charge in [-0.2, -0.15) is 5.10 Å². The Balaban J connectivity index is 1.40. The SMILES string of the molecule is COc1cc(/C=N\NC(=O)Cc2cccc3ccccc23)cc(I)c1OCc1ccc(Br)cc1. The van der Waals surface area contributed by atoms with Crippen molar-refractivity contribution >= 4 is 61.4 Å². The number of carbonyl (C=O) groups is 1. The van der Waals surface area contributed by atoms with Crippen LogP contribution in [0.1, 0.15) is 16.7 Å². The van der Waals surface area contributed by atoms with E-state index in [9.17, 15) is 4.79 Å². The molecule has 0 saturated heterocycles. The number of nitrogens with zero attached hydrogens (tertiary/aromatic N) is 1. The standard InChI is InChI=1S/C27H22BrIN2O3/c1-33-25-14-19(13-24(29)27(25)34-17-18-9-11-22(28)12-10-18)16-30-31-26(32)15-21-7-4-6-20-5-2-3-8-23(20)21/h2-14,16H,15,17H2,1H3,(H,31,32)/b30-16-. The number of nitrogens with one attached hydrogen (secondary N) is 1. The van der Waals surface area contributed by atoms with Crippen LogP contribution in [0, 0.1) is 3.57 Å². The molecule has 1 amide bonds. The monoisotopic (exact) mass is 628 g/mol. The van der Waals surface area contributed by atoms with Crippen LogP contribution in [0.5, 0.6) is 11.5 Å². The summed E-state index contributed by atoms with van der Waals surface area (Å²) in [6.45, 7) is 0.428. The van der Waals surface area contributed by atoms with Crippen molar-refractivity contribution in [2.45, 2.75) is 13.0 Å². The molecule has 0 aromatic heterocycles. The summed E-state index contributed by atoms with van der Waals surface area (Å²) >= 11 is 5.65. The van der Waals surface area contributed by atoms with Gasteiger partial charge in [0.05, 0.1) is 23.3 Å². The Morgan fingerprint density at radius 1 is 1.06 bits per heavy atom. The first-order valence-electron chi connectivity index (χ1n) is 10.6. The summed E-state index contributed by atoms with van der Waals surface area (Å²) in [6.07, 6.45) is 1.85. The molecule has 0 heterocycles. The lowest BCUT2D eigenvalue weighted by atomic mass is 10.0. The Morgan fingerprint density at radius 3 is 2.62 bits per heavy atom. The summed E-state index contributed by atoms with van der Waals surface area (Å²) in [7, 11) is 1.60. The van der Waals surface area contributed by atoms with Gasteiger partial charge in [0, 0.05) is 4.47 Å². The van der Waals surface area contributed by atoms with E-state index in [0.717, 1.165) is 35.5 Å². The van der Waals surface area contributed by atoms with Gasteiger partial charge in [-0.15, -0.1) is 0 Å². The molecule has 0 aliphatic carbocycles. The molecule has 4 aromatic carbocycles. The van der Waals surface area contributed by atoms with Crippen LogP contribution < -0.4 is 14.9 Å². The van der Waals surface area contributed by atoms with Crippen molar-refractivity contribution in [2.24, 2.45) is 5.10 Å². The van der Waals surface area contributed by atoms with E-state index in [0.29, 0.717) is 18.1 Å². The molecule has 0 unspecified atom stereocenters. The van der Waals surface area contributed by atoms with Crippen molar-refractivity contribution < 1.29 is 14.3 Å². The first kappa shape index (κ1) is 24.2. The van der Waals surface area contributed by atoms with Crippen molar-refractivity contribution in [1.29, 1.82) is 0 Å². The normalized spacial score (nSPS) is 11.0. The average molecular weight is 629 g/mol. The second kappa shape index (κ2) is 11.5. The van der Waals surface area contributed by atoms with Crippen LogP contribution in [0.3, 0.4) is 0 Å². The minimum absolute atomic E-state index is 0.177. The number of ether oxygens (including phenoxy) is 2. The van der Waals surface area contributed by atoms with Crippen molar-refractivity contribution in [3.05, 3.63) is 104 Å². The largest absolute Gasteiger partial charge is 0.493 e. The lowest BCUT2D eigenvalue weighted by Gasteiger charge is -2.13. The van der Waals surface area contributed by atoms with Crippen LogP contribution in [0.15, 0.2) is 88.4 Å². The number of hydrogen-bond donors (Lipinski definition) is 1. The van der Waals surface area contributed by atoms with Crippen molar-refractivity contribution in [3.8, 4) is 11.5 Å². The molecule has 0 fully saturated rings. The predicted octanol–water partition coefficient (Wildman–Crippen LogP) is 6.49. The van der Waals surface area contributed by atoms with E-state index in [-0.39, 0.29) is 12.3 Å². The number of amides is 1. The second-order valence-corrected chi connectivity index (χ2v) is 9.64. The molecule has 0 radical (unpaired) electrons. The number of hydrazone groups is 1. The number of hydrogen-bond acceptors (Lipinski definition) is 4. The third kappa shape index (κ3) is 6.15. The Hall–Kier alpha value is -2.91. The van der Waals surface area contributed by atoms with E-state index in [1.807, 2.05) is 78.9 Å². The number of rotatable bonds is 8. The smallest absolute Gasteiger partial charge is 0.244 e. The first-order chi connectivity index (χ1) is 16.5. The van der Waals surface area contributed by atoms with Gasteiger partial charge in [-0.25, -0.2) is 5.43 Å². The molecular weight excluding hydrogens is 607 g/mol. The molecule has 0 atom stereocenters. The van der Waals surface area contributed by atoms with Gasteiger partial charge in [0.15, 0.2) is 11.5 Å². The van der Waals surface area contributed by atoms with Crippen LogP contribution in [0.25, 0.3) is 10.8 Å².